The molecule has 0 spiro atoms. The molecule has 0 aliphatic heterocycles. The van der Waals surface area contributed by atoms with Crippen LogP contribution in [-0.4, -0.2) is 29.6 Å². The molecule has 0 bridgehead atoms. The first-order valence-corrected chi connectivity index (χ1v) is 6.79. The lowest BCUT2D eigenvalue weighted by atomic mass is 9.92. The first-order valence-electron chi connectivity index (χ1n) is 6.79. The third-order valence-electron chi connectivity index (χ3n) is 2.96. The van der Waals surface area contributed by atoms with Crippen LogP contribution in [0.1, 0.15) is 38.1 Å². The number of amides is 1. The topological polar surface area (TPSA) is 96.9 Å². The highest BCUT2D eigenvalue weighted by Gasteiger charge is 2.24. The molecule has 0 aliphatic carbocycles. The number of benzene rings is 1. The second-order valence-electron chi connectivity index (χ2n) is 5.75. The monoisotopic (exact) mass is 293 g/mol. The average molecular weight is 293 g/mol. The van der Waals surface area contributed by atoms with Crippen molar-refractivity contribution in [2.45, 2.75) is 33.8 Å². The fraction of sp³-hybridized carbons (Fsp3) is 0.467. The summed E-state index contributed by atoms with van der Waals surface area (Å²) in [7, 11) is 0. The Labute approximate surface area is 125 Å². The van der Waals surface area contributed by atoms with Crippen LogP contribution in [0.4, 0.5) is 0 Å². The van der Waals surface area contributed by atoms with E-state index in [2.05, 4.69) is 10.5 Å². The highest BCUT2D eigenvalue weighted by molar-refractivity contribution is 5.95. The van der Waals surface area contributed by atoms with Gasteiger partial charge in [0.15, 0.2) is 0 Å². The zero-order valence-electron chi connectivity index (χ0n) is 12.9. The van der Waals surface area contributed by atoms with Gasteiger partial charge in [-0.25, -0.2) is 0 Å². The highest BCUT2D eigenvalue weighted by atomic mass is 16.5. The summed E-state index contributed by atoms with van der Waals surface area (Å²) in [4.78, 5) is 12.1. The Morgan fingerprint density at radius 1 is 1.48 bits per heavy atom. The van der Waals surface area contributed by atoms with Gasteiger partial charge in [0.25, 0.3) is 5.91 Å². The van der Waals surface area contributed by atoms with Gasteiger partial charge in [-0.05, 0) is 32.0 Å². The number of nitrogens with zero attached hydrogens (tertiary/aromatic N) is 1. The molecule has 0 fully saturated rings. The molecule has 0 aromatic heterocycles. The zero-order chi connectivity index (χ0) is 16.0. The minimum atomic E-state index is -0.629. The molecule has 6 nitrogen and oxygen atoms in total. The Bertz CT molecular complexity index is 525. The van der Waals surface area contributed by atoms with E-state index in [9.17, 15) is 4.79 Å². The molecule has 0 unspecified atom stereocenters. The standard InChI is InChI=1S/C15H23N3O3/c1-10(2)21-12-7-5-6-11(8-12)13(19)17-9-15(3,4)14(16)18-20/h5-8,10,20H,9H2,1-4H3,(H2,16,18)(H,17,19). The molecule has 0 aliphatic rings. The molecule has 1 rings (SSSR count). The molecule has 0 saturated heterocycles. The lowest BCUT2D eigenvalue weighted by Crippen LogP contribution is -2.42. The molecular weight excluding hydrogens is 270 g/mol. The normalized spacial score (nSPS) is 12.3. The van der Waals surface area contributed by atoms with Gasteiger partial charge >= 0.3 is 0 Å². The van der Waals surface area contributed by atoms with Gasteiger partial charge in [-0.15, -0.1) is 0 Å². The predicted octanol–water partition coefficient (Wildman–Crippen LogP) is 1.98. The van der Waals surface area contributed by atoms with Crippen molar-refractivity contribution in [3.05, 3.63) is 29.8 Å². The van der Waals surface area contributed by atoms with Crippen LogP contribution in [0.15, 0.2) is 29.4 Å². The largest absolute Gasteiger partial charge is 0.491 e. The summed E-state index contributed by atoms with van der Waals surface area (Å²) in [6, 6.07) is 6.96. The maximum atomic E-state index is 12.1. The van der Waals surface area contributed by atoms with E-state index in [1.807, 2.05) is 13.8 Å². The lowest BCUT2D eigenvalue weighted by molar-refractivity contribution is 0.0943. The maximum absolute atomic E-state index is 12.1. The molecule has 0 heterocycles. The van der Waals surface area contributed by atoms with Gasteiger partial charge in [-0.2, -0.15) is 0 Å². The molecule has 6 heteroatoms. The summed E-state index contributed by atoms with van der Waals surface area (Å²) >= 11 is 0. The Morgan fingerprint density at radius 2 is 2.14 bits per heavy atom. The SMILES string of the molecule is CC(C)Oc1cccc(C(=O)NCC(C)(C)/C(N)=N/O)c1. The number of carbonyl (C=O) groups excluding carboxylic acids is 1. The molecule has 1 aromatic carbocycles. The number of nitrogens with two attached hydrogens (primary N) is 1. The third kappa shape index (κ3) is 4.98. The molecule has 1 amide bonds. The fourth-order valence-corrected chi connectivity index (χ4v) is 1.61. The number of oxime groups is 1. The number of amidine groups is 1. The molecule has 21 heavy (non-hydrogen) atoms. The first-order chi connectivity index (χ1) is 9.76. The van der Waals surface area contributed by atoms with Crippen LogP contribution < -0.4 is 15.8 Å². The quantitative estimate of drug-likeness (QED) is 0.323. The van der Waals surface area contributed by atoms with Crippen molar-refractivity contribution in [1.82, 2.24) is 5.32 Å². The van der Waals surface area contributed by atoms with E-state index >= 15 is 0 Å². The van der Waals surface area contributed by atoms with E-state index in [-0.39, 0.29) is 24.4 Å². The molecule has 116 valence electrons. The minimum Gasteiger partial charge on any atom is -0.491 e. The summed E-state index contributed by atoms with van der Waals surface area (Å²) < 4.78 is 5.55. The summed E-state index contributed by atoms with van der Waals surface area (Å²) in [5.41, 5.74) is 5.46. The van der Waals surface area contributed by atoms with Crippen LogP contribution in [0, 0.1) is 5.41 Å². The van der Waals surface area contributed by atoms with E-state index in [0.717, 1.165) is 0 Å². The second kappa shape index (κ2) is 6.97. The van der Waals surface area contributed by atoms with Crippen molar-refractivity contribution in [2.24, 2.45) is 16.3 Å². The van der Waals surface area contributed by atoms with Crippen LogP contribution in [-0.2, 0) is 0 Å². The van der Waals surface area contributed by atoms with Gasteiger partial charge in [-0.3, -0.25) is 4.79 Å². The third-order valence-corrected chi connectivity index (χ3v) is 2.96. The molecule has 0 radical (unpaired) electrons. The van der Waals surface area contributed by atoms with Crippen molar-refractivity contribution < 1.29 is 14.7 Å². The number of hydrogen-bond donors (Lipinski definition) is 3. The average Bonchev–Trinajstić information content (AvgIpc) is 2.43. The predicted molar refractivity (Wildman–Crippen MR) is 81.7 cm³/mol. The number of ether oxygens (including phenoxy) is 1. The van der Waals surface area contributed by atoms with Gasteiger partial charge in [0, 0.05) is 17.5 Å². The summed E-state index contributed by atoms with van der Waals surface area (Å²) in [6.45, 7) is 7.66. The van der Waals surface area contributed by atoms with Gasteiger partial charge in [0.1, 0.15) is 11.6 Å². The highest BCUT2D eigenvalue weighted by Crippen LogP contribution is 2.16. The van der Waals surface area contributed by atoms with Crippen LogP contribution in [0.5, 0.6) is 5.75 Å². The Morgan fingerprint density at radius 3 is 2.71 bits per heavy atom. The van der Waals surface area contributed by atoms with Crippen molar-refractivity contribution in [2.75, 3.05) is 6.54 Å². The van der Waals surface area contributed by atoms with Crippen molar-refractivity contribution in [3.63, 3.8) is 0 Å². The van der Waals surface area contributed by atoms with Crippen LogP contribution in [0.3, 0.4) is 0 Å². The van der Waals surface area contributed by atoms with E-state index in [0.29, 0.717) is 11.3 Å². The summed E-state index contributed by atoms with van der Waals surface area (Å²) in [6.07, 6.45) is 0.0443. The van der Waals surface area contributed by atoms with Gasteiger partial charge in [-0.1, -0.05) is 25.1 Å². The fourth-order valence-electron chi connectivity index (χ4n) is 1.61. The second-order valence-corrected chi connectivity index (χ2v) is 5.75. The Balaban J connectivity index is 2.72. The summed E-state index contributed by atoms with van der Waals surface area (Å²) in [5, 5.41) is 14.5. The van der Waals surface area contributed by atoms with E-state index < -0.39 is 5.41 Å². The van der Waals surface area contributed by atoms with Gasteiger partial charge in [0.2, 0.25) is 0 Å². The van der Waals surface area contributed by atoms with E-state index in [1.54, 1.807) is 38.1 Å². The van der Waals surface area contributed by atoms with Crippen molar-refractivity contribution >= 4 is 11.7 Å². The zero-order valence-corrected chi connectivity index (χ0v) is 12.9. The van der Waals surface area contributed by atoms with Gasteiger partial charge < -0.3 is 21.0 Å². The number of hydrogen-bond acceptors (Lipinski definition) is 4. The molecule has 0 atom stereocenters. The smallest absolute Gasteiger partial charge is 0.251 e. The summed E-state index contributed by atoms with van der Waals surface area (Å²) in [5.74, 6) is 0.482. The number of carbonyl (C=O) groups is 1. The molecular formula is C15H23N3O3. The minimum absolute atomic E-state index is 0.0443. The first kappa shape index (κ1) is 16.8. The van der Waals surface area contributed by atoms with Crippen LogP contribution in [0.2, 0.25) is 0 Å². The molecule has 4 N–H and O–H groups in total. The van der Waals surface area contributed by atoms with Crippen molar-refractivity contribution in [1.29, 1.82) is 0 Å². The Hall–Kier alpha value is -2.24. The Kier molecular flexibility index (Phi) is 5.58. The van der Waals surface area contributed by atoms with E-state index in [1.165, 1.54) is 0 Å². The number of rotatable bonds is 6. The molecule has 1 aromatic rings. The lowest BCUT2D eigenvalue weighted by Gasteiger charge is -2.23. The number of nitrogens with one attached hydrogen (secondary N) is 1. The van der Waals surface area contributed by atoms with Crippen LogP contribution in [0.25, 0.3) is 0 Å². The maximum Gasteiger partial charge on any atom is 0.251 e. The van der Waals surface area contributed by atoms with Crippen LogP contribution >= 0.6 is 0 Å². The molecule has 0 saturated carbocycles. The van der Waals surface area contributed by atoms with Crippen molar-refractivity contribution in [3.8, 4) is 5.75 Å². The van der Waals surface area contributed by atoms with E-state index in [4.69, 9.17) is 15.7 Å². The van der Waals surface area contributed by atoms with Gasteiger partial charge in [0.05, 0.1) is 6.10 Å².